The van der Waals surface area contributed by atoms with Gasteiger partial charge in [0.15, 0.2) is 13.2 Å². The molecule has 0 saturated carbocycles. The normalized spacial score (nSPS) is 10.3. The molecule has 0 unspecified atom stereocenters. The second kappa shape index (κ2) is 11.3. The third-order valence-electron chi connectivity index (χ3n) is 4.06. The van der Waals surface area contributed by atoms with E-state index in [1.807, 2.05) is 60.7 Å². The summed E-state index contributed by atoms with van der Waals surface area (Å²) in [7, 11) is 0. The zero-order chi connectivity index (χ0) is 22.9. The summed E-state index contributed by atoms with van der Waals surface area (Å²) in [6.45, 7) is -0.632. The fourth-order valence-corrected chi connectivity index (χ4v) is 2.92. The minimum Gasteiger partial charge on any atom is -0.464 e. The van der Waals surface area contributed by atoms with E-state index in [0.717, 1.165) is 11.1 Å². The van der Waals surface area contributed by atoms with Gasteiger partial charge in [0.2, 0.25) is 11.8 Å². The highest BCUT2D eigenvalue weighted by molar-refractivity contribution is 6.39. The lowest BCUT2D eigenvalue weighted by molar-refractivity contribution is -0.147. The number of benzene rings is 2. The van der Waals surface area contributed by atoms with Crippen molar-refractivity contribution >= 4 is 40.6 Å². The van der Waals surface area contributed by atoms with Crippen LogP contribution in [-0.2, 0) is 14.4 Å². The molecule has 2 N–H and O–H groups in total. The van der Waals surface area contributed by atoms with Gasteiger partial charge in [0.1, 0.15) is 22.4 Å². The number of rotatable bonds is 9. The van der Waals surface area contributed by atoms with Crippen LogP contribution in [0.1, 0.15) is 11.1 Å². The van der Waals surface area contributed by atoms with E-state index in [-0.39, 0.29) is 29.8 Å². The molecule has 3 rings (SSSR count). The van der Waals surface area contributed by atoms with Gasteiger partial charge >= 0.3 is 5.97 Å². The quantitative estimate of drug-likeness (QED) is 0.160. The average Bonchev–Trinajstić information content (AvgIpc) is 2.82. The van der Waals surface area contributed by atoms with Crippen molar-refractivity contribution in [3.63, 3.8) is 0 Å². The van der Waals surface area contributed by atoms with Crippen molar-refractivity contribution in [1.29, 1.82) is 0 Å². The Morgan fingerprint density at radius 2 is 1.56 bits per heavy atom. The predicted octanol–water partition coefficient (Wildman–Crippen LogP) is 4.50. The lowest BCUT2D eigenvalue weighted by atomic mass is 10.0. The number of esters is 1. The van der Waals surface area contributed by atoms with Gasteiger partial charge in [0.05, 0.1) is 5.69 Å². The molecule has 0 atom stereocenters. The monoisotopic (exact) mass is 477 g/mol. The highest BCUT2D eigenvalue weighted by Gasteiger charge is 2.17. The maximum Gasteiger partial charge on any atom is 0.344 e. The fraction of sp³-hybridized carbons (Fsp3) is 0.136. The molecule has 0 aliphatic heterocycles. The topological polar surface area (TPSA) is 96.0 Å². The summed E-state index contributed by atoms with van der Waals surface area (Å²) in [6.07, 6.45) is 0. The van der Waals surface area contributed by atoms with E-state index in [4.69, 9.17) is 43.2 Å². The first-order chi connectivity index (χ1) is 15.5. The summed E-state index contributed by atoms with van der Waals surface area (Å²) in [5, 5.41) is 3.57. The maximum atomic E-state index is 13.5. The first-order valence-corrected chi connectivity index (χ1v) is 10.1. The molecule has 0 aliphatic carbocycles. The third-order valence-corrected chi connectivity index (χ3v) is 4.78. The van der Waals surface area contributed by atoms with Gasteiger partial charge in [0, 0.05) is 11.1 Å². The smallest absolute Gasteiger partial charge is 0.344 e. The van der Waals surface area contributed by atoms with E-state index in [1.54, 1.807) is 0 Å². The number of hydrogen-bond donors (Lipinski definition) is 1. The second-order valence-corrected chi connectivity index (χ2v) is 7.02. The lowest BCUT2D eigenvalue weighted by Gasteiger charge is -2.10. The Balaban J connectivity index is 1.51. The fourth-order valence-electron chi connectivity index (χ4n) is 2.54. The van der Waals surface area contributed by atoms with Gasteiger partial charge in [-0.2, -0.15) is 9.37 Å². The molecule has 1 heterocycles. The Bertz CT molecular complexity index is 1060. The Hall–Kier alpha value is -3.36. The van der Waals surface area contributed by atoms with Crippen molar-refractivity contribution in [2.75, 3.05) is 25.6 Å². The number of hydrogen-bond acceptors (Lipinski definition) is 7. The zero-order valence-electron chi connectivity index (χ0n) is 16.6. The van der Waals surface area contributed by atoms with Gasteiger partial charge in [-0.3, -0.25) is 0 Å². The Morgan fingerprint density at radius 3 is 2.16 bits per heavy atom. The van der Waals surface area contributed by atoms with Crippen LogP contribution < -0.4 is 10.5 Å². The van der Waals surface area contributed by atoms with Gasteiger partial charge in [-0.1, -0.05) is 89.0 Å². The highest BCUT2D eigenvalue weighted by atomic mass is 35.5. The van der Waals surface area contributed by atoms with Crippen LogP contribution in [0.4, 0.5) is 10.1 Å². The lowest BCUT2D eigenvalue weighted by Crippen LogP contribution is -2.18. The molecule has 2 aromatic carbocycles. The molecule has 7 nitrogen and oxygen atoms in total. The average molecular weight is 478 g/mol. The first-order valence-electron chi connectivity index (χ1n) is 9.36. The number of aromatic nitrogens is 1. The number of oxime groups is 1. The number of nitrogen functional groups attached to an aromatic ring is 1. The SMILES string of the molecule is Nc1c(Cl)c(F)nc(OCC(=O)OCCON=C(c2ccccc2)c2ccccc2)c1Cl. The van der Waals surface area contributed by atoms with Crippen LogP contribution >= 0.6 is 23.2 Å². The van der Waals surface area contributed by atoms with Crippen LogP contribution in [0.5, 0.6) is 5.88 Å². The minimum absolute atomic E-state index is 0.0104. The molecule has 10 heteroatoms. The molecule has 1 aromatic heterocycles. The Kier molecular flexibility index (Phi) is 8.24. The minimum atomic E-state index is -1.06. The number of carbonyl (C=O) groups is 1. The molecule has 0 amide bonds. The Morgan fingerprint density at radius 1 is 0.969 bits per heavy atom. The molecule has 0 saturated heterocycles. The van der Waals surface area contributed by atoms with E-state index in [0.29, 0.717) is 5.71 Å². The van der Waals surface area contributed by atoms with Crippen LogP contribution in [0.3, 0.4) is 0 Å². The maximum absolute atomic E-state index is 13.5. The van der Waals surface area contributed by atoms with Gasteiger partial charge in [-0.15, -0.1) is 0 Å². The van der Waals surface area contributed by atoms with E-state index < -0.39 is 23.5 Å². The molecule has 32 heavy (non-hydrogen) atoms. The number of nitrogens with zero attached hydrogens (tertiary/aromatic N) is 2. The molecule has 0 fully saturated rings. The molecular weight excluding hydrogens is 460 g/mol. The Labute approximate surface area is 193 Å². The number of ether oxygens (including phenoxy) is 2. The number of carbonyl (C=O) groups excluding carboxylic acids is 1. The summed E-state index contributed by atoms with van der Waals surface area (Å²) in [4.78, 5) is 20.6. The molecule has 0 radical (unpaired) electrons. The van der Waals surface area contributed by atoms with Gasteiger partial charge in [0.25, 0.3) is 0 Å². The molecule has 166 valence electrons. The van der Waals surface area contributed by atoms with E-state index >= 15 is 0 Å². The van der Waals surface area contributed by atoms with Gasteiger partial charge < -0.3 is 20.0 Å². The second-order valence-electron chi connectivity index (χ2n) is 6.26. The molecule has 0 spiro atoms. The largest absolute Gasteiger partial charge is 0.464 e. The number of halogens is 3. The number of nitrogens with two attached hydrogens (primary N) is 1. The third kappa shape index (κ3) is 6.09. The molecule has 0 aliphatic rings. The van der Waals surface area contributed by atoms with Crippen molar-refractivity contribution in [2.45, 2.75) is 0 Å². The van der Waals surface area contributed by atoms with Crippen LogP contribution in [0.15, 0.2) is 65.8 Å². The van der Waals surface area contributed by atoms with Crippen molar-refractivity contribution in [2.24, 2.45) is 5.16 Å². The van der Waals surface area contributed by atoms with Crippen LogP contribution in [0, 0.1) is 5.95 Å². The zero-order valence-corrected chi connectivity index (χ0v) is 18.1. The number of anilines is 1. The molecule has 0 bridgehead atoms. The highest BCUT2D eigenvalue weighted by Crippen LogP contribution is 2.35. The van der Waals surface area contributed by atoms with Crippen molar-refractivity contribution in [3.05, 3.63) is 87.8 Å². The summed E-state index contributed by atoms with van der Waals surface area (Å²) in [6, 6.07) is 19.1. The van der Waals surface area contributed by atoms with E-state index in [2.05, 4.69) is 10.1 Å². The summed E-state index contributed by atoms with van der Waals surface area (Å²) in [5.41, 5.74) is 7.71. The summed E-state index contributed by atoms with van der Waals surface area (Å²) in [5.74, 6) is -2.16. The first kappa shape index (κ1) is 23.3. The standard InChI is InChI=1S/C22H18Cl2FN3O4/c23-17-19(26)18(24)22(27-21(17)25)31-13-16(29)30-11-12-32-28-20(14-7-3-1-4-8-14)15-9-5-2-6-10-15/h1-10H,11-13H2,(H2,26,27). The van der Waals surface area contributed by atoms with Crippen molar-refractivity contribution in [3.8, 4) is 5.88 Å². The van der Waals surface area contributed by atoms with Crippen LogP contribution in [0.25, 0.3) is 0 Å². The van der Waals surface area contributed by atoms with Crippen LogP contribution in [0.2, 0.25) is 10.0 Å². The predicted molar refractivity (Wildman–Crippen MR) is 120 cm³/mol. The van der Waals surface area contributed by atoms with E-state index in [9.17, 15) is 9.18 Å². The molecular formula is C22H18Cl2FN3O4. The van der Waals surface area contributed by atoms with E-state index in [1.165, 1.54) is 0 Å². The van der Waals surface area contributed by atoms with Crippen LogP contribution in [-0.4, -0.2) is 36.5 Å². The van der Waals surface area contributed by atoms with Gasteiger partial charge in [-0.05, 0) is 0 Å². The summed E-state index contributed by atoms with van der Waals surface area (Å²) >= 11 is 11.5. The van der Waals surface area contributed by atoms with Crippen molar-refractivity contribution < 1.29 is 23.5 Å². The number of pyridine rings is 1. The molecule has 3 aromatic rings. The van der Waals surface area contributed by atoms with Gasteiger partial charge in [-0.25, -0.2) is 4.79 Å². The summed E-state index contributed by atoms with van der Waals surface area (Å²) < 4.78 is 23.6. The van der Waals surface area contributed by atoms with Crippen molar-refractivity contribution in [1.82, 2.24) is 4.98 Å².